The Morgan fingerprint density at radius 3 is 2.31 bits per heavy atom. The van der Waals surface area contributed by atoms with E-state index in [4.69, 9.17) is 5.73 Å². The number of nitrogens with two attached hydrogens (primary N) is 1. The molecule has 0 spiro atoms. The molecular formula is C11H15NO. The highest BCUT2D eigenvalue weighted by Gasteiger charge is 2.10. The van der Waals surface area contributed by atoms with Crippen LogP contribution in [0.3, 0.4) is 0 Å². The predicted octanol–water partition coefficient (Wildman–Crippen LogP) is 1.71. The van der Waals surface area contributed by atoms with Crippen molar-refractivity contribution in [1.29, 1.82) is 0 Å². The summed E-state index contributed by atoms with van der Waals surface area (Å²) >= 11 is 0. The van der Waals surface area contributed by atoms with Crippen LogP contribution >= 0.6 is 0 Å². The van der Waals surface area contributed by atoms with Crippen molar-refractivity contribution >= 4 is 6.08 Å². The van der Waals surface area contributed by atoms with Gasteiger partial charge in [-0.05, 0) is 18.1 Å². The van der Waals surface area contributed by atoms with E-state index in [0.717, 1.165) is 11.1 Å². The lowest BCUT2D eigenvalue weighted by atomic mass is 10.0. The Hall–Kier alpha value is -1.12. The number of aliphatic hydroxyl groups excluding tert-OH is 1. The van der Waals surface area contributed by atoms with Crippen LogP contribution in [0.4, 0.5) is 0 Å². The minimum atomic E-state index is -0.519. The molecule has 0 fully saturated rings. The lowest BCUT2D eigenvalue weighted by molar-refractivity contribution is 0.164. The van der Waals surface area contributed by atoms with Gasteiger partial charge in [-0.25, -0.2) is 0 Å². The van der Waals surface area contributed by atoms with Gasteiger partial charge in [0.05, 0.1) is 12.1 Å². The fourth-order valence-corrected chi connectivity index (χ4v) is 1.13. The Kier molecular flexibility index (Phi) is 3.23. The Balaban J connectivity index is 2.85. The minimum absolute atomic E-state index is 0.307. The number of rotatable bonds is 3. The van der Waals surface area contributed by atoms with Gasteiger partial charge in [0.2, 0.25) is 0 Å². The molecule has 0 saturated heterocycles. The van der Waals surface area contributed by atoms with Crippen LogP contribution < -0.4 is 5.73 Å². The van der Waals surface area contributed by atoms with Gasteiger partial charge in [0.1, 0.15) is 0 Å². The standard InChI is InChI=1S/C11H15NO/c1-3-9-4-6-10(7-5-9)11(12)8(2)13/h3-8,11,13H,1,12H2,2H3/t8-,11+/m1/s1. The topological polar surface area (TPSA) is 46.2 Å². The molecule has 0 heterocycles. The van der Waals surface area contributed by atoms with Crippen molar-refractivity contribution in [3.05, 3.63) is 42.0 Å². The minimum Gasteiger partial charge on any atom is -0.391 e. The van der Waals surface area contributed by atoms with Gasteiger partial charge in [-0.1, -0.05) is 36.9 Å². The van der Waals surface area contributed by atoms with Gasteiger partial charge in [0, 0.05) is 0 Å². The molecule has 1 aromatic rings. The zero-order valence-electron chi connectivity index (χ0n) is 7.77. The molecule has 0 aromatic heterocycles. The van der Waals surface area contributed by atoms with Crippen LogP contribution in [0.15, 0.2) is 30.8 Å². The summed E-state index contributed by atoms with van der Waals surface area (Å²) in [6.07, 6.45) is 1.26. The van der Waals surface area contributed by atoms with E-state index < -0.39 is 6.10 Å². The summed E-state index contributed by atoms with van der Waals surface area (Å²) < 4.78 is 0. The Labute approximate surface area is 78.7 Å². The molecule has 0 aliphatic heterocycles. The zero-order valence-corrected chi connectivity index (χ0v) is 7.77. The fraction of sp³-hybridized carbons (Fsp3) is 0.273. The fourth-order valence-electron chi connectivity index (χ4n) is 1.13. The van der Waals surface area contributed by atoms with Gasteiger partial charge in [0.25, 0.3) is 0 Å². The Morgan fingerprint density at radius 2 is 1.92 bits per heavy atom. The molecule has 0 aliphatic rings. The first kappa shape index (κ1) is 9.96. The number of benzene rings is 1. The molecule has 2 nitrogen and oxygen atoms in total. The van der Waals surface area contributed by atoms with Gasteiger partial charge in [-0.3, -0.25) is 0 Å². The van der Waals surface area contributed by atoms with Crippen LogP contribution in [-0.2, 0) is 0 Å². The maximum Gasteiger partial charge on any atom is 0.0704 e. The third-order valence-electron chi connectivity index (χ3n) is 2.08. The average molecular weight is 177 g/mol. The summed E-state index contributed by atoms with van der Waals surface area (Å²) in [6.45, 7) is 5.35. The molecule has 0 unspecified atom stereocenters. The van der Waals surface area contributed by atoms with Crippen molar-refractivity contribution in [3.8, 4) is 0 Å². The molecule has 0 bridgehead atoms. The molecule has 2 heteroatoms. The van der Waals surface area contributed by atoms with Crippen molar-refractivity contribution < 1.29 is 5.11 Å². The second-order valence-corrected chi connectivity index (χ2v) is 3.14. The van der Waals surface area contributed by atoms with E-state index in [0.29, 0.717) is 0 Å². The molecule has 0 amide bonds. The first-order valence-corrected chi connectivity index (χ1v) is 4.31. The van der Waals surface area contributed by atoms with E-state index >= 15 is 0 Å². The highest BCUT2D eigenvalue weighted by molar-refractivity contribution is 5.47. The number of hydrogen-bond acceptors (Lipinski definition) is 2. The van der Waals surface area contributed by atoms with Crippen molar-refractivity contribution in [3.63, 3.8) is 0 Å². The molecule has 0 saturated carbocycles. The molecule has 13 heavy (non-hydrogen) atoms. The molecule has 1 aromatic carbocycles. The lowest BCUT2D eigenvalue weighted by Crippen LogP contribution is -2.22. The number of aliphatic hydroxyl groups is 1. The van der Waals surface area contributed by atoms with E-state index in [1.54, 1.807) is 13.0 Å². The third-order valence-corrected chi connectivity index (χ3v) is 2.08. The quantitative estimate of drug-likeness (QED) is 0.738. The third kappa shape index (κ3) is 2.41. The van der Waals surface area contributed by atoms with Crippen LogP contribution in [-0.4, -0.2) is 11.2 Å². The predicted molar refractivity (Wildman–Crippen MR) is 55.1 cm³/mol. The van der Waals surface area contributed by atoms with Crippen LogP contribution in [0.5, 0.6) is 0 Å². The molecule has 3 N–H and O–H groups in total. The van der Waals surface area contributed by atoms with Crippen LogP contribution in [0.25, 0.3) is 6.08 Å². The van der Waals surface area contributed by atoms with Crippen molar-refractivity contribution in [2.75, 3.05) is 0 Å². The number of hydrogen-bond donors (Lipinski definition) is 2. The molecule has 70 valence electrons. The maximum atomic E-state index is 9.26. The van der Waals surface area contributed by atoms with E-state index in [2.05, 4.69) is 6.58 Å². The van der Waals surface area contributed by atoms with Crippen molar-refractivity contribution in [1.82, 2.24) is 0 Å². The van der Waals surface area contributed by atoms with Gasteiger partial charge >= 0.3 is 0 Å². The second-order valence-electron chi connectivity index (χ2n) is 3.14. The molecular weight excluding hydrogens is 162 g/mol. The molecule has 1 rings (SSSR count). The SMILES string of the molecule is C=Cc1ccc([C@@H](N)[C@@H](C)O)cc1. The monoisotopic (exact) mass is 177 g/mol. The largest absolute Gasteiger partial charge is 0.391 e. The van der Waals surface area contributed by atoms with Crippen LogP contribution in [0.2, 0.25) is 0 Å². The Bertz CT molecular complexity index is 277. The maximum absolute atomic E-state index is 9.26. The van der Waals surface area contributed by atoms with Crippen LogP contribution in [0, 0.1) is 0 Å². The van der Waals surface area contributed by atoms with E-state index in [-0.39, 0.29) is 6.04 Å². The van der Waals surface area contributed by atoms with Gasteiger partial charge in [-0.2, -0.15) is 0 Å². The average Bonchev–Trinajstić information content (AvgIpc) is 2.17. The zero-order chi connectivity index (χ0) is 9.84. The second kappa shape index (κ2) is 4.21. The first-order chi connectivity index (χ1) is 6.15. The van der Waals surface area contributed by atoms with Crippen LogP contribution in [0.1, 0.15) is 24.1 Å². The first-order valence-electron chi connectivity index (χ1n) is 4.31. The van der Waals surface area contributed by atoms with Crippen molar-refractivity contribution in [2.45, 2.75) is 19.1 Å². The van der Waals surface area contributed by atoms with E-state index in [1.807, 2.05) is 24.3 Å². The van der Waals surface area contributed by atoms with Crippen molar-refractivity contribution in [2.24, 2.45) is 5.73 Å². The molecule has 2 atom stereocenters. The molecule has 0 aliphatic carbocycles. The highest BCUT2D eigenvalue weighted by Crippen LogP contribution is 2.15. The van der Waals surface area contributed by atoms with Gasteiger partial charge < -0.3 is 10.8 Å². The normalized spacial score (nSPS) is 15.0. The van der Waals surface area contributed by atoms with Gasteiger partial charge in [-0.15, -0.1) is 0 Å². The molecule has 0 radical (unpaired) electrons. The Morgan fingerprint density at radius 1 is 1.38 bits per heavy atom. The van der Waals surface area contributed by atoms with Gasteiger partial charge in [0.15, 0.2) is 0 Å². The van der Waals surface area contributed by atoms with E-state index in [9.17, 15) is 5.11 Å². The lowest BCUT2D eigenvalue weighted by Gasteiger charge is -2.14. The summed E-state index contributed by atoms with van der Waals surface area (Å²) in [6, 6.07) is 7.39. The summed E-state index contributed by atoms with van der Waals surface area (Å²) in [7, 11) is 0. The summed E-state index contributed by atoms with van der Waals surface area (Å²) in [5.74, 6) is 0. The summed E-state index contributed by atoms with van der Waals surface area (Å²) in [5.41, 5.74) is 7.76. The summed E-state index contributed by atoms with van der Waals surface area (Å²) in [4.78, 5) is 0. The smallest absolute Gasteiger partial charge is 0.0704 e. The summed E-state index contributed by atoms with van der Waals surface area (Å²) in [5, 5.41) is 9.26. The highest BCUT2D eigenvalue weighted by atomic mass is 16.3. The van der Waals surface area contributed by atoms with E-state index in [1.165, 1.54) is 0 Å².